The summed E-state index contributed by atoms with van der Waals surface area (Å²) in [5.74, 6) is 0. The summed E-state index contributed by atoms with van der Waals surface area (Å²) in [6, 6.07) is 6.77. The molecule has 2 atom stereocenters. The van der Waals surface area contributed by atoms with Gasteiger partial charge in [-0.1, -0.05) is 0 Å². The van der Waals surface area contributed by atoms with E-state index in [0.29, 0.717) is 24.2 Å². The van der Waals surface area contributed by atoms with Crippen LogP contribution in [-0.4, -0.2) is 37.9 Å². The van der Waals surface area contributed by atoms with Crippen molar-refractivity contribution >= 4 is 22.4 Å². The predicted octanol–water partition coefficient (Wildman–Crippen LogP) is 1.66. The van der Waals surface area contributed by atoms with E-state index in [0.717, 1.165) is 0 Å². The van der Waals surface area contributed by atoms with Crippen molar-refractivity contribution < 1.29 is 8.42 Å². The molecule has 0 aliphatic carbocycles. The van der Waals surface area contributed by atoms with Crippen LogP contribution in [0.25, 0.3) is 0 Å². The normalized spacial score (nSPS) is 23.1. The summed E-state index contributed by atoms with van der Waals surface area (Å²) in [5, 5.41) is 12.2. The summed E-state index contributed by atoms with van der Waals surface area (Å²) in [6.07, 6.45) is 0. The van der Waals surface area contributed by atoms with Crippen molar-refractivity contribution in [3.63, 3.8) is 0 Å². The lowest BCUT2D eigenvalue weighted by Gasteiger charge is -2.36. The minimum absolute atomic E-state index is 0. The topological polar surface area (TPSA) is 73.2 Å². The molecule has 2 unspecified atom stereocenters. The van der Waals surface area contributed by atoms with Crippen LogP contribution in [0, 0.1) is 18.3 Å². The number of hydrogen-bond donors (Lipinski definition) is 1. The first-order chi connectivity index (χ1) is 9.36. The Labute approximate surface area is 132 Å². The Balaban J connectivity index is 0.00000220. The average Bonchev–Trinajstić information content (AvgIpc) is 2.41. The van der Waals surface area contributed by atoms with Gasteiger partial charge < -0.3 is 5.32 Å². The van der Waals surface area contributed by atoms with Gasteiger partial charge in [0.05, 0.1) is 16.5 Å². The minimum Gasteiger partial charge on any atom is -0.311 e. The molecule has 0 saturated carbocycles. The molecule has 5 nitrogen and oxygen atoms in total. The van der Waals surface area contributed by atoms with E-state index >= 15 is 0 Å². The molecule has 1 saturated heterocycles. The maximum Gasteiger partial charge on any atom is 0.243 e. The van der Waals surface area contributed by atoms with Crippen LogP contribution in [0.2, 0.25) is 0 Å². The molecule has 2 rings (SSSR count). The van der Waals surface area contributed by atoms with Crippen molar-refractivity contribution in [3.8, 4) is 6.07 Å². The molecule has 1 fully saturated rings. The highest BCUT2D eigenvalue weighted by atomic mass is 35.5. The van der Waals surface area contributed by atoms with E-state index in [1.165, 1.54) is 10.4 Å². The molecule has 116 valence electrons. The number of hydrogen-bond acceptors (Lipinski definition) is 4. The second-order valence-electron chi connectivity index (χ2n) is 5.32. The van der Waals surface area contributed by atoms with E-state index in [1.807, 2.05) is 13.8 Å². The van der Waals surface area contributed by atoms with Gasteiger partial charge in [0.1, 0.15) is 0 Å². The molecule has 0 amide bonds. The minimum atomic E-state index is -3.51. The van der Waals surface area contributed by atoms with Gasteiger partial charge in [0.2, 0.25) is 10.0 Å². The summed E-state index contributed by atoms with van der Waals surface area (Å²) >= 11 is 0. The third kappa shape index (κ3) is 3.55. The van der Waals surface area contributed by atoms with E-state index in [2.05, 4.69) is 11.4 Å². The van der Waals surface area contributed by atoms with Crippen LogP contribution in [0.1, 0.15) is 25.0 Å². The number of piperazine rings is 1. The van der Waals surface area contributed by atoms with Gasteiger partial charge in [0.15, 0.2) is 0 Å². The van der Waals surface area contributed by atoms with Crippen molar-refractivity contribution in [2.45, 2.75) is 37.8 Å². The monoisotopic (exact) mass is 329 g/mol. The summed E-state index contributed by atoms with van der Waals surface area (Å²) in [6.45, 7) is 6.73. The van der Waals surface area contributed by atoms with Crippen LogP contribution in [0.4, 0.5) is 0 Å². The number of nitrogens with zero attached hydrogens (tertiary/aromatic N) is 2. The summed E-state index contributed by atoms with van der Waals surface area (Å²) < 4.78 is 27.0. The fourth-order valence-electron chi connectivity index (χ4n) is 2.38. The van der Waals surface area contributed by atoms with Crippen molar-refractivity contribution in [1.29, 1.82) is 5.26 Å². The molecular formula is C14H20ClN3O2S. The van der Waals surface area contributed by atoms with E-state index in [1.54, 1.807) is 19.1 Å². The molecule has 0 radical (unpaired) electrons. The molecule has 1 aliphatic rings. The zero-order chi connectivity index (χ0) is 14.9. The number of halogens is 1. The smallest absolute Gasteiger partial charge is 0.243 e. The quantitative estimate of drug-likeness (QED) is 0.895. The van der Waals surface area contributed by atoms with Gasteiger partial charge in [0.25, 0.3) is 0 Å². The number of nitrogens with one attached hydrogen (secondary N) is 1. The van der Waals surface area contributed by atoms with Gasteiger partial charge in [0, 0.05) is 25.2 Å². The van der Waals surface area contributed by atoms with Gasteiger partial charge in [-0.3, -0.25) is 0 Å². The van der Waals surface area contributed by atoms with Gasteiger partial charge in [-0.15, -0.1) is 12.4 Å². The Hall–Kier alpha value is -1.13. The highest BCUT2D eigenvalue weighted by Crippen LogP contribution is 2.22. The van der Waals surface area contributed by atoms with Crippen molar-refractivity contribution in [1.82, 2.24) is 9.62 Å². The molecule has 1 aromatic carbocycles. The second kappa shape index (κ2) is 6.75. The fourth-order valence-corrected chi connectivity index (χ4v) is 4.19. The second-order valence-corrected chi connectivity index (χ2v) is 7.21. The van der Waals surface area contributed by atoms with Crippen LogP contribution in [-0.2, 0) is 10.0 Å². The molecule has 21 heavy (non-hydrogen) atoms. The Kier molecular flexibility index (Phi) is 5.76. The molecule has 1 N–H and O–H groups in total. The summed E-state index contributed by atoms with van der Waals surface area (Å²) in [4.78, 5) is 0.259. The standard InChI is InChI=1S/C14H19N3O2S.ClH/c1-10-6-14(5-4-13(10)7-15)20(18,19)17-9-11(2)16-8-12(17)3;/h4-6,11-12,16H,8-9H2,1-3H3;1H. The maximum absolute atomic E-state index is 12.7. The van der Waals surface area contributed by atoms with Crippen LogP contribution in [0.3, 0.4) is 0 Å². The zero-order valence-electron chi connectivity index (χ0n) is 12.3. The van der Waals surface area contributed by atoms with Crippen LogP contribution >= 0.6 is 12.4 Å². The summed E-state index contributed by atoms with van der Waals surface area (Å²) in [5.41, 5.74) is 1.19. The first-order valence-electron chi connectivity index (χ1n) is 6.62. The number of aryl methyl sites for hydroxylation is 1. The van der Waals surface area contributed by atoms with Crippen molar-refractivity contribution in [2.24, 2.45) is 0 Å². The van der Waals surface area contributed by atoms with Gasteiger partial charge in [-0.05, 0) is 44.5 Å². The lowest BCUT2D eigenvalue weighted by atomic mass is 10.1. The predicted molar refractivity (Wildman–Crippen MR) is 84.0 cm³/mol. The molecule has 0 aromatic heterocycles. The Bertz CT molecular complexity index is 655. The molecule has 7 heteroatoms. The van der Waals surface area contributed by atoms with E-state index in [4.69, 9.17) is 5.26 Å². The molecule has 0 spiro atoms. The number of benzene rings is 1. The molecule has 1 aliphatic heterocycles. The largest absolute Gasteiger partial charge is 0.311 e. The van der Waals surface area contributed by atoms with Gasteiger partial charge in [-0.2, -0.15) is 9.57 Å². The van der Waals surface area contributed by atoms with Crippen LogP contribution in [0.5, 0.6) is 0 Å². The number of sulfonamides is 1. The molecule has 1 heterocycles. The average molecular weight is 330 g/mol. The van der Waals surface area contributed by atoms with E-state index < -0.39 is 10.0 Å². The Morgan fingerprint density at radius 3 is 2.62 bits per heavy atom. The van der Waals surface area contributed by atoms with Crippen molar-refractivity contribution in [2.75, 3.05) is 13.1 Å². The Morgan fingerprint density at radius 2 is 2.05 bits per heavy atom. The summed E-state index contributed by atoms with van der Waals surface area (Å²) in [7, 11) is -3.51. The fraction of sp³-hybridized carbons (Fsp3) is 0.500. The van der Waals surface area contributed by atoms with E-state index in [-0.39, 0.29) is 29.4 Å². The third-order valence-corrected chi connectivity index (χ3v) is 5.61. The molecule has 0 bridgehead atoms. The third-order valence-electron chi connectivity index (χ3n) is 3.63. The lowest BCUT2D eigenvalue weighted by molar-refractivity contribution is 0.244. The molecule has 1 aromatic rings. The lowest BCUT2D eigenvalue weighted by Crippen LogP contribution is -2.56. The maximum atomic E-state index is 12.7. The number of nitriles is 1. The van der Waals surface area contributed by atoms with Crippen LogP contribution in [0.15, 0.2) is 23.1 Å². The van der Waals surface area contributed by atoms with Gasteiger partial charge in [-0.25, -0.2) is 8.42 Å². The Morgan fingerprint density at radius 1 is 1.38 bits per heavy atom. The number of rotatable bonds is 2. The SMILES string of the molecule is Cc1cc(S(=O)(=O)N2CC(C)NCC2C)ccc1C#N.Cl. The molecular weight excluding hydrogens is 310 g/mol. The first kappa shape index (κ1) is 17.9. The van der Waals surface area contributed by atoms with Gasteiger partial charge >= 0.3 is 0 Å². The van der Waals surface area contributed by atoms with Crippen LogP contribution < -0.4 is 5.32 Å². The van der Waals surface area contributed by atoms with E-state index in [9.17, 15) is 8.42 Å². The first-order valence-corrected chi connectivity index (χ1v) is 8.06. The zero-order valence-corrected chi connectivity index (χ0v) is 14.0. The highest BCUT2D eigenvalue weighted by Gasteiger charge is 2.33. The highest BCUT2D eigenvalue weighted by molar-refractivity contribution is 7.89. The van der Waals surface area contributed by atoms with Crippen molar-refractivity contribution in [3.05, 3.63) is 29.3 Å².